The van der Waals surface area contributed by atoms with Crippen LogP contribution in [0, 0.1) is 0 Å². The fourth-order valence-corrected chi connectivity index (χ4v) is 9.77. The van der Waals surface area contributed by atoms with Crippen molar-refractivity contribution in [3.8, 4) is 84.4 Å². The summed E-state index contributed by atoms with van der Waals surface area (Å²) in [5, 5.41) is 4.43. The molecule has 5 heteroatoms. The Bertz CT molecular complexity index is 3880. The van der Waals surface area contributed by atoms with E-state index in [1.807, 2.05) is 36.4 Å². The molecule has 10 aromatic carbocycles. The highest BCUT2D eigenvalue weighted by atomic mass is 16.3. The molecular weight excluding hydrogens is 829 g/mol. The van der Waals surface area contributed by atoms with Gasteiger partial charge in [0, 0.05) is 43.9 Å². The van der Waals surface area contributed by atoms with Crippen molar-refractivity contribution in [2.75, 3.05) is 0 Å². The van der Waals surface area contributed by atoms with Crippen molar-refractivity contribution in [2.24, 2.45) is 0 Å². The summed E-state index contributed by atoms with van der Waals surface area (Å²) in [5.74, 6) is 1.80. The summed E-state index contributed by atoms with van der Waals surface area (Å²) in [4.78, 5) is 15.7. The largest absolute Gasteiger partial charge is 0.454 e. The molecule has 68 heavy (non-hydrogen) atoms. The van der Waals surface area contributed by atoms with E-state index >= 15 is 0 Å². The molecule has 0 atom stereocenters. The van der Waals surface area contributed by atoms with Crippen molar-refractivity contribution in [3.63, 3.8) is 0 Å². The first kappa shape index (κ1) is 39.2. The van der Waals surface area contributed by atoms with Gasteiger partial charge in [-0.1, -0.05) is 182 Å². The van der Waals surface area contributed by atoms with Crippen LogP contribution in [0.5, 0.6) is 0 Å². The van der Waals surface area contributed by atoms with Crippen LogP contribution in [0.2, 0.25) is 0 Å². The first-order chi connectivity index (χ1) is 33.7. The quantitative estimate of drug-likeness (QED) is 0.153. The Morgan fingerprint density at radius 1 is 0.294 bits per heavy atom. The molecular formula is C63H40N4O. The fraction of sp³-hybridized carbons (Fsp3) is 0. The molecule has 0 aliphatic carbocycles. The maximum absolute atomic E-state index is 6.91. The first-order valence-corrected chi connectivity index (χ1v) is 22.9. The van der Waals surface area contributed by atoms with Crippen LogP contribution in [-0.2, 0) is 0 Å². The fourth-order valence-electron chi connectivity index (χ4n) is 9.77. The highest BCUT2D eigenvalue weighted by Gasteiger charge is 2.22. The van der Waals surface area contributed by atoms with Gasteiger partial charge in [-0.2, -0.15) is 0 Å². The Labute approximate surface area is 392 Å². The van der Waals surface area contributed by atoms with Gasteiger partial charge >= 0.3 is 0 Å². The predicted molar refractivity (Wildman–Crippen MR) is 279 cm³/mol. The number of aromatic nitrogens is 4. The molecule has 13 rings (SSSR count). The van der Waals surface area contributed by atoms with Crippen molar-refractivity contribution in [1.82, 2.24) is 19.5 Å². The summed E-state index contributed by atoms with van der Waals surface area (Å²) in [7, 11) is 0. The lowest BCUT2D eigenvalue weighted by molar-refractivity contribution is 0.671. The molecule has 5 nitrogen and oxygen atoms in total. The number of rotatable bonds is 8. The van der Waals surface area contributed by atoms with Gasteiger partial charge in [0.05, 0.1) is 11.0 Å². The monoisotopic (exact) mass is 868 g/mol. The van der Waals surface area contributed by atoms with Crippen molar-refractivity contribution in [1.29, 1.82) is 0 Å². The molecule has 0 bridgehead atoms. The van der Waals surface area contributed by atoms with Gasteiger partial charge < -0.3 is 8.98 Å². The Hall–Kier alpha value is -9.19. The van der Waals surface area contributed by atoms with Crippen LogP contribution in [-0.4, -0.2) is 19.5 Å². The smallest absolute Gasteiger partial charge is 0.164 e. The van der Waals surface area contributed by atoms with Gasteiger partial charge in [-0.25, -0.2) is 15.0 Å². The average Bonchev–Trinajstić information content (AvgIpc) is 3.97. The Kier molecular flexibility index (Phi) is 9.43. The van der Waals surface area contributed by atoms with Crippen LogP contribution in [0.25, 0.3) is 128 Å². The zero-order chi connectivity index (χ0) is 45.0. The number of nitrogens with zero attached hydrogens (tertiary/aromatic N) is 4. The third kappa shape index (κ3) is 6.84. The van der Waals surface area contributed by atoms with Gasteiger partial charge in [0.2, 0.25) is 0 Å². The minimum absolute atomic E-state index is 0.586. The molecule has 0 radical (unpaired) electrons. The zero-order valence-corrected chi connectivity index (χ0v) is 36.8. The zero-order valence-electron chi connectivity index (χ0n) is 36.8. The van der Waals surface area contributed by atoms with E-state index in [2.05, 4.69) is 211 Å². The Morgan fingerprint density at radius 3 is 1.41 bits per heavy atom. The van der Waals surface area contributed by atoms with Crippen LogP contribution in [0.4, 0.5) is 0 Å². The van der Waals surface area contributed by atoms with E-state index < -0.39 is 0 Å². The third-order valence-corrected chi connectivity index (χ3v) is 13.0. The van der Waals surface area contributed by atoms with Crippen LogP contribution < -0.4 is 0 Å². The highest BCUT2D eigenvalue weighted by molar-refractivity contribution is 6.21. The lowest BCUT2D eigenvalue weighted by Gasteiger charge is -2.16. The molecule has 3 aromatic heterocycles. The maximum Gasteiger partial charge on any atom is 0.164 e. The summed E-state index contributed by atoms with van der Waals surface area (Å²) in [5.41, 5.74) is 16.4. The molecule has 0 saturated heterocycles. The summed E-state index contributed by atoms with van der Waals surface area (Å²) in [6.45, 7) is 0. The normalized spacial score (nSPS) is 11.5. The second-order valence-corrected chi connectivity index (χ2v) is 17.2. The molecule has 0 aliphatic rings. The minimum Gasteiger partial charge on any atom is -0.454 e. The lowest BCUT2D eigenvalue weighted by Crippen LogP contribution is -2.01. The van der Waals surface area contributed by atoms with Crippen LogP contribution in [0.1, 0.15) is 0 Å². The van der Waals surface area contributed by atoms with E-state index in [4.69, 9.17) is 19.4 Å². The van der Waals surface area contributed by atoms with E-state index in [0.29, 0.717) is 17.5 Å². The van der Waals surface area contributed by atoms with E-state index in [9.17, 15) is 0 Å². The molecule has 0 fully saturated rings. The summed E-state index contributed by atoms with van der Waals surface area (Å²) >= 11 is 0. The van der Waals surface area contributed by atoms with Crippen LogP contribution >= 0.6 is 0 Å². The summed E-state index contributed by atoms with van der Waals surface area (Å²) in [6.07, 6.45) is 0. The number of para-hydroxylation sites is 2. The first-order valence-electron chi connectivity index (χ1n) is 22.9. The standard InChI is InChI=1S/C63H40N4O/c1-6-18-41(19-7-1)47-36-48(42-20-8-2-9-21-42)38-49(37-47)45-30-32-51(56(39-45)63-65-61(43-22-10-3-11-23-43)64-62(66-63)44-24-12-4-13-25-44)46-31-35-58-55(40-46)54-34-33-53-52-28-16-17-29-57(52)67(59(53)60(54)68-58)50-26-14-5-15-27-50/h1-40H. The number of furan rings is 1. The number of fused-ring (bicyclic) bond motifs is 7. The van der Waals surface area contributed by atoms with Gasteiger partial charge in [0.15, 0.2) is 23.1 Å². The van der Waals surface area contributed by atoms with Gasteiger partial charge in [-0.15, -0.1) is 0 Å². The molecule has 0 N–H and O–H groups in total. The van der Waals surface area contributed by atoms with Crippen LogP contribution in [0.15, 0.2) is 247 Å². The molecule has 318 valence electrons. The van der Waals surface area contributed by atoms with E-state index in [1.54, 1.807) is 0 Å². The van der Waals surface area contributed by atoms with Gasteiger partial charge in [-0.05, 0) is 105 Å². The van der Waals surface area contributed by atoms with Crippen molar-refractivity contribution in [3.05, 3.63) is 243 Å². The van der Waals surface area contributed by atoms with E-state index in [-0.39, 0.29) is 0 Å². The molecule has 0 saturated carbocycles. The summed E-state index contributed by atoms with van der Waals surface area (Å²) in [6, 6.07) is 85.2. The van der Waals surface area contributed by atoms with Gasteiger partial charge in [-0.3, -0.25) is 0 Å². The molecule has 13 aromatic rings. The summed E-state index contributed by atoms with van der Waals surface area (Å²) < 4.78 is 9.24. The van der Waals surface area contributed by atoms with Crippen molar-refractivity contribution < 1.29 is 4.42 Å². The molecule has 0 unspecified atom stereocenters. The minimum atomic E-state index is 0.586. The number of benzene rings is 10. The predicted octanol–water partition coefficient (Wildman–Crippen LogP) is 16.5. The molecule has 0 aliphatic heterocycles. The molecule has 3 heterocycles. The Balaban J connectivity index is 1.05. The maximum atomic E-state index is 6.91. The van der Waals surface area contributed by atoms with Gasteiger partial charge in [0.1, 0.15) is 5.58 Å². The average molecular weight is 869 g/mol. The second-order valence-electron chi connectivity index (χ2n) is 17.2. The van der Waals surface area contributed by atoms with Crippen molar-refractivity contribution >= 4 is 43.7 Å². The van der Waals surface area contributed by atoms with E-state index in [0.717, 1.165) is 105 Å². The molecule has 0 spiro atoms. The van der Waals surface area contributed by atoms with Gasteiger partial charge in [0.25, 0.3) is 0 Å². The van der Waals surface area contributed by atoms with E-state index in [1.165, 1.54) is 5.39 Å². The number of hydrogen-bond donors (Lipinski definition) is 0. The second kappa shape index (κ2) is 16.4. The third-order valence-electron chi connectivity index (χ3n) is 13.0. The topological polar surface area (TPSA) is 56.7 Å². The SMILES string of the molecule is c1ccc(-c2cc(-c3ccccc3)cc(-c3ccc(-c4ccc5oc6c(ccc7c8ccccc8n(-c8ccccc8)c76)c5c4)c(-c4nc(-c5ccccc5)nc(-c5ccccc5)n4)c3)c2)cc1. The Morgan fingerprint density at radius 2 is 0.794 bits per heavy atom. The highest BCUT2D eigenvalue weighted by Crippen LogP contribution is 2.43. The number of hydrogen-bond acceptors (Lipinski definition) is 4. The van der Waals surface area contributed by atoms with Crippen LogP contribution in [0.3, 0.4) is 0 Å². The molecule has 0 amide bonds. The lowest BCUT2D eigenvalue weighted by atomic mass is 9.90. The van der Waals surface area contributed by atoms with Crippen molar-refractivity contribution in [2.45, 2.75) is 0 Å².